The van der Waals surface area contributed by atoms with Crippen LogP contribution in [0.4, 0.5) is 0 Å². The maximum Gasteiger partial charge on any atom is 0.305 e. The summed E-state index contributed by atoms with van der Waals surface area (Å²) in [5, 5.41) is 0. The van der Waals surface area contributed by atoms with Gasteiger partial charge in [-0.15, -0.1) is 0 Å². The first-order valence-electron chi connectivity index (χ1n) is 8.84. The molecule has 0 unspecified atom stereocenters. The molecule has 0 amide bonds. The van der Waals surface area contributed by atoms with Gasteiger partial charge in [-0.25, -0.2) is 0 Å². The molecule has 25 heavy (non-hydrogen) atoms. The fourth-order valence-electron chi connectivity index (χ4n) is 1.61. The minimum atomic E-state index is -0.179. The maximum absolute atomic E-state index is 11.1. The Morgan fingerprint density at radius 2 is 0.960 bits per heavy atom. The van der Waals surface area contributed by atoms with Gasteiger partial charge in [-0.05, 0) is 6.42 Å². The van der Waals surface area contributed by atoms with Crippen molar-refractivity contribution >= 4 is 5.97 Å². The predicted molar refractivity (Wildman–Crippen MR) is 91.8 cm³/mol. The van der Waals surface area contributed by atoms with Crippen molar-refractivity contribution in [3.05, 3.63) is 0 Å². The second-order valence-electron chi connectivity index (χ2n) is 5.03. The van der Waals surface area contributed by atoms with Crippen LogP contribution in [0.15, 0.2) is 0 Å². The standard InChI is InChI=1S/C17H34O8/c1-3-4-17(18)25-16-15-24-14-13-23-12-11-22-10-9-21-8-7-20-6-5-19-2/h3-16H2,1-2H3. The highest BCUT2D eigenvalue weighted by Gasteiger charge is 1.99. The predicted octanol–water partition coefficient (Wildman–Crippen LogP) is 1.06. The largest absolute Gasteiger partial charge is 0.463 e. The lowest BCUT2D eigenvalue weighted by molar-refractivity contribution is -0.145. The topological polar surface area (TPSA) is 81.7 Å². The van der Waals surface area contributed by atoms with E-state index in [1.807, 2.05) is 6.92 Å². The molecule has 0 heterocycles. The van der Waals surface area contributed by atoms with Gasteiger partial charge in [0.15, 0.2) is 0 Å². The van der Waals surface area contributed by atoms with Gasteiger partial charge >= 0.3 is 5.97 Å². The zero-order valence-corrected chi connectivity index (χ0v) is 15.7. The Labute approximate surface area is 151 Å². The minimum absolute atomic E-state index is 0.179. The van der Waals surface area contributed by atoms with Crippen LogP contribution in [0, 0.1) is 0 Å². The molecule has 0 saturated carbocycles. The van der Waals surface area contributed by atoms with Crippen molar-refractivity contribution in [2.75, 3.05) is 86.4 Å². The van der Waals surface area contributed by atoms with Crippen molar-refractivity contribution in [2.45, 2.75) is 19.8 Å². The molecule has 8 nitrogen and oxygen atoms in total. The number of rotatable bonds is 20. The SMILES string of the molecule is CCCC(=O)OCCOCCOCCOCCOCCOCCOC. The molecular weight excluding hydrogens is 332 g/mol. The van der Waals surface area contributed by atoms with E-state index in [2.05, 4.69) is 0 Å². The summed E-state index contributed by atoms with van der Waals surface area (Å²) < 4.78 is 36.4. The zero-order valence-electron chi connectivity index (χ0n) is 15.7. The summed E-state index contributed by atoms with van der Waals surface area (Å²) >= 11 is 0. The van der Waals surface area contributed by atoms with Gasteiger partial charge in [0.2, 0.25) is 0 Å². The van der Waals surface area contributed by atoms with Gasteiger partial charge in [-0.3, -0.25) is 4.79 Å². The summed E-state index contributed by atoms with van der Waals surface area (Å²) in [5.74, 6) is -0.179. The summed E-state index contributed by atoms with van der Waals surface area (Å²) in [5.41, 5.74) is 0. The first kappa shape index (κ1) is 24.2. The van der Waals surface area contributed by atoms with Gasteiger partial charge < -0.3 is 33.2 Å². The molecule has 0 aromatic carbocycles. The van der Waals surface area contributed by atoms with Gasteiger partial charge in [0.25, 0.3) is 0 Å². The highest BCUT2D eigenvalue weighted by atomic mass is 16.6. The Morgan fingerprint density at radius 1 is 0.600 bits per heavy atom. The number of ether oxygens (including phenoxy) is 7. The van der Waals surface area contributed by atoms with Crippen LogP contribution in [0.2, 0.25) is 0 Å². The molecule has 0 bridgehead atoms. The van der Waals surface area contributed by atoms with Crippen molar-refractivity contribution in [3.8, 4) is 0 Å². The third-order valence-corrected chi connectivity index (χ3v) is 2.86. The molecule has 0 atom stereocenters. The smallest absolute Gasteiger partial charge is 0.305 e. The lowest BCUT2D eigenvalue weighted by Gasteiger charge is -2.08. The van der Waals surface area contributed by atoms with E-state index < -0.39 is 0 Å². The van der Waals surface area contributed by atoms with Crippen LogP contribution < -0.4 is 0 Å². The van der Waals surface area contributed by atoms with Crippen molar-refractivity contribution in [2.24, 2.45) is 0 Å². The molecular formula is C17H34O8. The van der Waals surface area contributed by atoms with Crippen LogP contribution in [-0.2, 0) is 38.0 Å². The quantitative estimate of drug-likeness (QED) is 0.234. The van der Waals surface area contributed by atoms with E-state index in [4.69, 9.17) is 33.2 Å². The minimum Gasteiger partial charge on any atom is -0.463 e. The number of hydrogen-bond acceptors (Lipinski definition) is 8. The summed E-state index contributed by atoms with van der Waals surface area (Å²) in [4.78, 5) is 11.1. The fourth-order valence-corrected chi connectivity index (χ4v) is 1.61. The number of methoxy groups -OCH3 is 1. The van der Waals surface area contributed by atoms with Gasteiger partial charge in [0, 0.05) is 13.5 Å². The van der Waals surface area contributed by atoms with Crippen molar-refractivity contribution in [1.82, 2.24) is 0 Å². The average molecular weight is 366 g/mol. The van der Waals surface area contributed by atoms with Crippen molar-refractivity contribution in [3.63, 3.8) is 0 Å². The molecule has 0 aromatic rings. The summed E-state index contributed by atoms with van der Waals surface area (Å²) in [6.07, 6.45) is 1.25. The Balaban J connectivity index is 3.02. The highest BCUT2D eigenvalue weighted by Crippen LogP contribution is 1.91. The molecule has 150 valence electrons. The molecule has 0 radical (unpaired) electrons. The first-order chi connectivity index (χ1) is 12.3. The number of hydrogen-bond donors (Lipinski definition) is 0. The van der Waals surface area contributed by atoms with Gasteiger partial charge in [-0.2, -0.15) is 0 Å². The lowest BCUT2D eigenvalue weighted by atomic mass is 10.3. The van der Waals surface area contributed by atoms with Crippen molar-refractivity contribution < 1.29 is 38.0 Å². The molecule has 0 saturated heterocycles. The van der Waals surface area contributed by atoms with E-state index in [-0.39, 0.29) is 5.97 Å². The third-order valence-electron chi connectivity index (χ3n) is 2.86. The molecule has 0 aromatic heterocycles. The van der Waals surface area contributed by atoms with Crippen LogP contribution in [0.5, 0.6) is 0 Å². The number of esters is 1. The van der Waals surface area contributed by atoms with E-state index in [9.17, 15) is 4.79 Å². The summed E-state index contributed by atoms with van der Waals surface area (Å²) in [6.45, 7) is 7.96. The molecule has 0 rings (SSSR count). The highest BCUT2D eigenvalue weighted by molar-refractivity contribution is 5.69. The number of carbonyl (C=O) groups excluding carboxylic acids is 1. The number of carbonyl (C=O) groups is 1. The maximum atomic E-state index is 11.1. The van der Waals surface area contributed by atoms with E-state index in [1.165, 1.54) is 0 Å². The summed E-state index contributed by atoms with van der Waals surface area (Å²) in [6, 6.07) is 0. The Morgan fingerprint density at radius 3 is 1.32 bits per heavy atom. The normalized spacial score (nSPS) is 11.0. The second-order valence-corrected chi connectivity index (χ2v) is 5.03. The zero-order chi connectivity index (χ0) is 18.4. The molecule has 0 N–H and O–H groups in total. The molecule has 0 aliphatic rings. The third kappa shape index (κ3) is 21.2. The van der Waals surface area contributed by atoms with E-state index in [0.29, 0.717) is 85.7 Å². The van der Waals surface area contributed by atoms with E-state index >= 15 is 0 Å². The molecule has 8 heteroatoms. The molecule has 0 spiro atoms. The van der Waals surface area contributed by atoms with Crippen LogP contribution in [0.1, 0.15) is 19.8 Å². The first-order valence-corrected chi connectivity index (χ1v) is 8.84. The monoisotopic (exact) mass is 366 g/mol. The van der Waals surface area contributed by atoms with E-state index in [1.54, 1.807) is 7.11 Å². The molecule has 0 aliphatic heterocycles. The Kier molecular flexibility index (Phi) is 20.6. The fraction of sp³-hybridized carbons (Fsp3) is 0.941. The molecule has 0 fully saturated rings. The Hall–Kier alpha value is -0.770. The van der Waals surface area contributed by atoms with Gasteiger partial charge in [0.05, 0.1) is 72.7 Å². The molecule has 0 aliphatic carbocycles. The van der Waals surface area contributed by atoms with Crippen molar-refractivity contribution in [1.29, 1.82) is 0 Å². The lowest BCUT2D eigenvalue weighted by Crippen LogP contribution is -2.15. The van der Waals surface area contributed by atoms with Gasteiger partial charge in [-0.1, -0.05) is 6.92 Å². The average Bonchev–Trinajstić information content (AvgIpc) is 2.61. The van der Waals surface area contributed by atoms with Crippen LogP contribution in [0.3, 0.4) is 0 Å². The van der Waals surface area contributed by atoms with Crippen LogP contribution in [0.25, 0.3) is 0 Å². The summed E-state index contributed by atoms with van der Waals surface area (Å²) in [7, 11) is 1.64. The van der Waals surface area contributed by atoms with E-state index in [0.717, 1.165) is 6.42 Å². The van der Waals surface area contributed by atoms with Gasteiger partial charge in [0.1, 0.15) is 6.61 Å². The van der Waals surface area contributed by atoms with Crippen LogP contribution >= 0.6 is 0 Å². The second kappa shape index (κ2) is 21.3. The Bertz CT molecular complexity index is 275. The van der Waals surface area contributed by atoms with Crippen LogP contribution in [-0.4, -0.2) is 92.4 Å².